The van der Waals surface area contributed by atoms with Crippen molar-refractivity contribution in [3.8, 4) is 0 Å². The molecule has 1 aromatic heterocycles. The van der Waals surface area contributed by atoms with Crippen LogP contribution >= 0.6 is 0 Å². The first-order valence-electron chi connectivity index (χ1n) is 6.50. The number of rotatable bonds is 4. The van der Waals surface area contributed by atoms with Gasteiger partial charge in [0.2, 0.25) is 0 Å². The Balaban J connectivity index is 2.19. The summed E-state index contributed by atoms with van der Waals surface area (Å²) in [5, 5.41) is 17.6. The van der Waals surface area contributed by atoms with E-state index in [0.29, 0.717) is 0 Å². The fourth-order valence-corrected chi connectivity index (χ4v) is 2.28. The van der Waals surface area contributed by atoms with Gasteiger partial charge in [-0.1, -0.05) is 18.2 Å². The summed E-state index contributed by atoms with van der Waals surface area (Å²) in [4.78, 5) is 0. The number of para-hydroxylation sites is 1. The Kier molecular flexibility index (Phi) is 3.90. The topological polar surface area (TPSA) is 50.1 Å². The second-order valence-electron chi connectivity index (χ2n) is 4.89. The molecular weight excluding hydrogens is 238 g/mol. The number of aryl methyl sites for hydroxylation is 2. The molecule has 0 aliphatic heterocycles. The van der Waals surface area contributed by atoms with Crippen molar-refractivity contribution in [3.05, 3.63) is 46.8 Å². The molecule has 1 heterocycles. The lowest BCUT2D eigenvalue weighted by Gasteiger charge is -2.14. The highest BCUT2D eigenvalue weighted by Gasteiger charge is 2.11. The van der Waals surface area contributed by atoms with Gasteiger partial charge in [0, 0.05) is 36.1 Å². The van der Waals surface area contributed by atoms with Crippen LogP contribution in [0.2, 0.25) is 0 Å². The summed E-state index contributed by atoms with van der Waals surface area (Å²) in [5.74, 6) is 0. The third-order valence-electron chi connectivity index (χ3n) is 3.53. The maximum Gasteiger partial charge on any atom is 0.0781 e. The van der Waals surface area contributed by atoms with Crippen molar-refractivity contribution in [3.63, 3.8) is 0 Å². The van der Waals surface area contributed by atoms with Crippen molar-refractivity contribution in [2.45, 2.75) is 33.4 Å². The second-order valence-corrected chi connectivity index (χ2v) is 4.89. The van der Waals surface area contributed by atoms with E-state index in [0.717, 1.165) is 23.5 Å². The molecule has 0 saturated heterocycles. The maximum atomic E-state index is 9.76. The largest absolute Gasteiger partial charge is 0.389 e. The van der Waals surface area contributed by atoms with E-state index >= 15 is 0 Å². The van der Waals surface area contributed by atoms with E-state index < -0.39 is 6.10 Å². The van der Waals surface area contributed by atoms with Crippen LogP contribution in [-0.2, 0) is 13.6 Å². The fraction of sp³-hybridized carbons (Fsp3) is 0.400. The van der Waals surface area contributed by atoms with E-state index in [1.165, 1.54) is 11.3 Å². The van der Waals surface area contributed by atoms with Crippen LogP contribution < -0.4 is 5.32 Å². The minimum absolute atomic E-state index is 0.472. The fourth-order valence-electron chi connectivity index (χ4n) is 2.28. The van der Waals surface area contributed by atoms with E-state index in [1.54, 1.807) is 6.92 Å². The van der Waals surface area contributed by atoms with Crippen LogP contribution in [0.1, 0.15) is 35.5 Å². The SMILES string of the molecule is Cc1nn(C)c(C)c1CNc1ccccc1C(C)O. The molecule has 19 heavy (non-hydrogen) atoms. The molecule has 0 aliphatic rings. The van der Waals surface area contributed by atoms with Gasteiger partial charge in [0.05, 0.1) is 11.8 Å². The molecule has 1 aromatic carbocycles. The van der Waals surface area contributed by atoms with Crippen molar-refractivity contribution in [1.29, 1.82) is 0 Å². The Morgan fingerprint density at radius 3 is 2.58 bits per heavy atom. The molecule has 0 saturated carbocycles. The Morgan fingerprint density at radius 1 is 1.32 bits per heavy atom. The van der Waals surface area contributed by atoms with Crippen LogP contribution in [0.15, 0.2) is 24.3 Å². The van der Waals surface area contributed by atoms with Crippen LogP contribution in [0.4, 0.5) is 5.69 Å². The number of benzene rings is 1. The van der Waals surface area contributed by atoms with Crippen molar-refractivity contribution >= 4 is 5.69 Å². The lowest BCUT2D eigenvalue weighted by Crippen LogP contribution is -2.05. The van der Waals surface area contributed by atoms with Crippen LogP contribution in [0, 0.1) is 13.8 Å². The predicted molar refractivity (Wildman–Crippen MR) is 77.1 cm³/mol. The van der Waals surface area contributed by atoms with E-state index in [-0.39, 0.29) is 0 Å². The molecule has 4 nitrogen and oxygen atoms in total. The van der Waals surface area contributed by atoms with E-state index in [1.807, 2.05) is 42.9 Å². The quantitative estimate of drug-likeness (QED) is 0.887. The molecule has 4 heteroatoms. The lowest BCUT2D eigenvalue weighted by atomic mass is 10.1. The van der Waals surface area contributed by atoms with Crippen molar-refractivity contribution < 1.29 is 5.11 Å². The molecule has 2 rings (SSSR count). The molecule has 0 aliphatic carbocycles. The molecule has 2 N–H and O–H groups in total. The molecule has 0 radical (unpaired) electrons. The first-order valence-corrected chi connectivity index (χ1v) is 6.50. The number of anilines is 1. The molecule has 0 fully saturated rings. The summed E-state index contributed by atoms with van der Waals surface area (Å²) < 4.78 is 1.90. The number of nitrogens with zero attached hydrogens (tertiary/aromatic N) is 2. The molecule has 1 unspecified atom stereocenters. The van der Waals surface area contributed by atoms with Gasteiger partial charge in [-0.15, -0.1) is 0 Å². The normalized spacial score (nSPS) is 12.5. The van der Waals surface area contributed by atoms with Crippen LogP contribution in [0.3, 0.4) is 0 Å². The highest BCUT2D eigenvalue weighted by Crippen LogP contribution is 2.23. The number of aliphatic hydroxyl groups is 1. The summed E-state index contributed by atoms with van der Waals surface area (Å²) in [7, 11) is 1.95. The predicted octanol–water partition coefficient (Wildman–Crippen LogP) is 2.70. The average Bonchev–Trinajstić information content (AvgIpc) is 2.61. The zero-order valence-corrected chi connectivity index (χ0v) is 11.9. The van der Waals surface area contributed by atoms with E-state index in [2.05, 4.69) is 17.3 Å². The summed E-state index contributed by atoms with van der Waals surface area (Å²) in [6.07, 6.45) is -0.472. The maximum absolute atomic E-state index is 9.76. The van der Waals surface area contributed by atoms with Gasteiger partial charge in [0.1, 0.15) is 0 Å². The van der Waals surface area contributed by atoms with Gasteiger partial charge in [-0.3, -0.25) is 4.68 Å². The summed E-state index contributed by atoms with van der Waals surface area (Å²) in [5.41, 5.74) is 5.31. The van der Waals surface area contributed by atoms with Crippen molar-refractivity contribution in [2.24, 2.45) is 7.05 Å². The molecule has 0 amide bonds. The number of aromatic nitrogens is 2. The summed E-state index contributed by atoms with van der Waals surface area (Å²) in [6, 6.07) is 7.84. The van der Waals surface area contributed by atoms with Crippen molar-refractivity contribution in [1.82, 2.24) is 9.78 Å². The zero-order valence-electron chi connectivity index (χ0n) is 11.9. The van der Waals surface area contributed by atoms with E-state index in [9.17, 15) is 5.11 Å². The number of hydrogen-bond donors (Lipinski definition) is 2. The minimum atomic E-state index is -0.472. The van der Waals surface area contributed by atoms with Gasteiger partial charge in [-0.2, -0.15) is 5.10 Å². The smallest absolute Gasteiger partial charge is 0.0781 e. The first kappa shape index (κ1) is 13.6. The molecule has 1 atom stereocenters. The second kappa shape index (κ2) is 5.45. The Hall–Kier alpha value is -1.81. The monoisotopic (exact) mass is 259 g/mol. The van der Waals surface area contributed by atoms with Crippen LogP contribution in [0.25, 0.3) is 0 Å². The minimum Gasteiger partial charge on any atom is -0.389 e. The van der Waals surface area contributed by atoms with E-state index in [4.69, 9.17) is 0 Å². The summed E-state index contributed by atoms with van der Waals surface area (Å²) >= 11 is 0. The standard InChI is InChI=1S/C15H21N3O/c1-10-14(11(2)18(4)17-10)9-16-15-8-6-5-7-13(15)12(3)19/h5-8,12,16,19H,9H2,1-4H3. The lowest BCUT2D eigenvalue weighted by molar-refractivity contribution is 0.200. The summed E-state index contributed by atoms with van der Waals surface area (Å²) in [6.45, 7) is 6.58. The molecule has 102 valence electrons. The van der Waals surface area contributed by atoms with Crippen molar-refractivity contribution in [2.75, 3.05) is 5.32 Å². The highest BCUT2D eigenvalue weighted by molar-refractivity contribution is 5.52. The van der Waals surface area contributed by atoms with Crippen LogP contribution in [-0.4, -0.2) is 14.9 Å². The number of aliphatic hydroxyl groups excluding tert-OH is 1. The van der Waals surface area contributed by atoms with Gasteiger partial charge < -0.3 is 10.4 Å². The zero-order chi connectivity index (χ0) is 14.0. The number of nitrogens with one attached hydrogen (secondary N) is 1. The van der Waals surface area contributed by atoms with Crippen LogP contribution in [0.5, 0.6) is 0 Å². The third-order valence-corrected chi connectivity index (χ3v) is 3.53. The van der Waals surface area contributed by atoms with Gasteiger partial charge in [-0.05, 0) is 26.8 Å². The Labute approximate surface area is 114 Å². The van der Waals surface area contributed by atoms with Gasteiger partial charge in [0.25, 0.3) is 0 Å². The first-order chi connectivity index (χ1) is 9.00. The molecular formula is C15H21N3O. The molecule has 2 aromatic rings. The highest BCUT2D eigenvalue weighted by atomic mass is 16.3. The van der Waals surface area contributed by atoms with Gasteiger partial charge in [0.15, 0.2) is 0 Å². The Morgan fingerprint density at radius 2 is 2.00 bits per heavy atom. The molecule has 0 bridgehead atoms. The Bertz CT molecular complexity index is 573. The average molecular weight is 259 g/mol. The molecule has 0 spiro atoms. The van der Waals surface area contributed by atoms with Gasteiger partial charge in [-0.25, -0.2) is 0 Å². The van der Waals surface area contributed by atoms with Gasteiger partial charge >= 0.3 is 0 Å². The third kappa shape index (κ3) is 2.79. The number of hydrogen-bond acceptors (Lipinski definition) is 3.